The number of hydrogen-bond acceptors (Lipinski definition) is 6. The van der Waals surface area contributed by atoms with Crippen LogP contribution in [-0.2, 0) is 23.6 Å². The molecule has 14 heteroatoms. The lowest BCUT2D eigenvalue weighted by molar-refractivity contribution is -0.143. The van der Waals surface area contributed by atoms with E-state index in [0.717, 1.165) is 0 Å². The van der Waals surface area contributed by atoms with Gasteiger partial charge in [0, 0.05) is 19.1 Å². The number of alkyl halides is 6. The third-order valence-electron chi connectivity index (χ3n) is 5.52. The average Bonchev–Trinajstić information content (AvgIpc) is 3.39. The number of nitrogens with zero attached hydrogens (tertiary/aromatic N) is 5. The maximum Gasteiger partial charge on any atom is 0.416 e. The average molecular weight is 508 g/mol. The van der Waals surface area contributed by atoms with Gasteiger partial charge in [-0.3, -0.25) is 0 Å². The zero-order valence-electron chi connectivity index (χ0n) is 19.5. The number of H-pyrrole nitrogens is 1. The SMILES string of the molecule is CC[C@@H]1C[C@H](N(Cc2cc(C(F)(F)F)cc(C(F)(F)F)c2)c2nn[nH]n2)CN1C(=O)OC(C)(C)C. The first-order valence-electron chi connectivity index (χ1n) is 10.9. The Balaban J connectivity index is 1.95. The Bertz CT molecular complexity index is 987. The zero-order chi connectivity index (χ0) is 26.2. The molecule has 1 aliphatic rings. The number of halogens is 6. The molecule has 0 radical (unpaired) electrons. The largest absolute Gasteiger partial charge is 0.444 e. The van der Waals surface area contributed by atoms with Gasteiger partial charge >= 0.3 is 18.4 Å². The van der Waals surface area contributed by atoms with Gasteiger partial charge in [0.15, 0.2) is 0 Å². The Kier molecular flexibility index (Phi) is 7.23. The quantitative estimate of drug-likeness (QED) is 0.570. The molecule has 1 amide bonds. The van der Waals surface area contributed by atoms with Crippen LogP contribution in [0.3, 0.4) is 0 Å². The molecule has 1 aromatic heterocycles. The summed E-state index contributed by atoms with van der Waals surface area (Å²) in [5, 5.41) is 13.5. The van der Waals surface area contributed by atoms with Gasteiger partial charge in [-0.25, -0.2) is 4.79 Å². The molecule has 0 unspecified atom stereocenters. The van der Waals surface area contributed by atoms with E-state index in [1.807, 2.05) is 6.92 Å². The standard InChI is InChI=1S/C21H26F6N6O2/c1-5-15-9-16(11-33(15)18(34)35-19(2,3)4)32(17-28-30-31-29-17)10-12-6-13(20(22,23)24)8-14(7-12)21(25,26)27/h6-8,15-16H,5,9-11H2,1-4H3,(H,28,29,30,31)/t15-,16+/m1/s1. The summed E-state index contributed by atoms with van der Waals surface area (Å²) in [6, 6.07) is 0.653. The molecule has 0 aliphatic carbocycles. The lowest BCUT2D eigenvalue weighted by atomic mass is 10.0. The summed E-state index contributed by atoms with van der Waals surface area (Å²) in [6.07, 6.45) is -9.55. The highest BCUT2D eigenvalue weighted by Gasteiger charge is 2.41. The van der Waals surface area contributed by atoms with E-state index in [1.165, 1.54) is 9.80 Å². The number of hydrogen-bond donors (Lipinski definition) is 1. The van der Waals surface area contributed by atoms with Crippen molar-refractivity contribution < 1.29 is 35.9 Å². The van der Waals surface area contributed by atoms with Crippen LogP contribution < -0.4 is 4.90 Å². The molecule has 8 nitrogen and oxygen atoms in total. The fraction of sp³-hybridized carbons (Fsp3) is 0.619. The number of rotatable bonds is 5. The van der Waals surface area contributed by atoms with Crippen molar-refractivity contribution >= 4 is 12.0 Å². The van der Waals surface area contributed by atoms with E-state index < -0.39 is 41.2 Å². The molecule has 0 saturated carbocycles. The van der Waals surface area contributed by atoms with Crippen LogP contribution in [0.5, 0.6) is 0 Å². The third kappa shape index (κ3) is 6.54. The summed E-state index contributed by atoms with van der Waals surface area (Å²) in [4.78, 5) is 15.7. The smallest absolute Gasteiger partial charge is 0.416 e. The molecule has 1 aliphatic heterocycles. The van der Waals surface area contributed by atoms with Gasteiger partial charge in [0.25, 0.3) is 5.95 Å². The summed E-state index contributed by atoms with van der Waals surface area (Å²) in [5.74, 6) is -0.0122. The van der Waals surface area contributed by atoms with Gasteiger partial charge < -0.3 is 14.5 Å². The highest BCUT2D eigenvalue weighted by molar-refractivity contribution is 5.69. The second-order valence-electron chi connectivity index (χ2n) is 9.34. The van der Waals surface area contributed by atoms with E-state index in [-0.39, 0.29) is 36.7 Å². The molecule has 0 spiro atoms. The summed E-state index contributed by atoms with van der Waals surface area (Å²) < 4.78 is 85.5. The fourth-order valence-electron chi connectivity index (χ4n) is 4.00. The number of nitrogens with one attached hydrogen (secondary N) is 1. The second kappa shape index (κ2) is 9.53. The Hall–Kier alpha value is -3.06. The summed E-state index contributed by atoms with van der Waals surface area (Å²) in [5.41, 5.74) is -3.81. The van der Waals surface area contributed by atoms with Crippen LogP contribution in [-0.4, -0.2) is 55.8 Å². The number of ether oxygens (including phenoxy) is 1. The normalized spacial score (nSPS) is 19.2. The predicted molar refractivity (Wildman–Crippen MR) is 112 cm³/mol. The van der Waals surface area contributed by atoms with E-state index in [4.69, 9.17) is 4.74 Å². The van der Waals surface area contributed by atoms with Gasteiger partial charge in [-0.15, -0.1) is 5.10 Å². The Morgan fingerprint density at radius 2 is 1.71 bits per heavy atom. The van der Waals surface area contributed by atoms with Gasteiger partial charge in [0.1, 0.15) is 5.60 Å². The maximum absolute atomic E-state index is 13.3. The van der Waals surface area contributed by atoms with Crippen LogP contribution in [0.25, 0.3) is 0 Å². The van der Waals surface area contributed by atoms with Crippen molar-refractivity contribution in [3.05, 3.63) is 34.9 Å². The molecular formula is C21H26F6N6O2. The topological polar surface area (TPSA) is 87.2 Å². The molecule has 3 rings (SSSR count). The number of benzene rings is 1. The van der Waals surface area contributed by atoms with Crippen molar-refractivity contribution in [3.63, 3.8) is 0 Å². The maximum atomic E-state index is 13.3. The lowest BCUT2D eigenvalue weighted by Crippen LogP contribution is -2.42. The van der Waals surface area contributed by atoms with Crippen molar-refractivity contribution in [2.45, 2.75) is 77.1 Å². The minimum absolute atomic E-state index is 0.0122. The molecule has 2 atom stereocenters. The monoisotopic (exact) mass is 508 g/mol. The Morgan fingerprint density at radius 1 is 1.11 bits per heavy atom. The van der Waals surface area contributed by atoms with E-state index in [2.05, 4.69) is 20.6 Å². The molecule has 1 N–H and O–H groups in total. The number of aromatic nitrogens is 4. The summed E-state index contributed by atoms with van der Waals surface area (Å²) in [6.45, 7) is 6.78. The van der Waals surface area contributed by atoms with Crippen molar-refractivity contribution in [2.75, 3.05) is 11.4 Å². The van der Waals surface area contributed by atoms with Crippen LogP contribution in [0, 0.1) is 0 Å². The van der Waals surface area contributed by atoms with Crippen molar-refractivity contribution in [3.8, 4) is 0 Å². The second-order valence-corrected chi connectivity index (χ2v) is 9.34. The van der Waals surface area contributed by atoms with E-state index in [0.29, 0.717) is 25.0 Å². The number of carbonyl (C=O) groups is 1. The van der Waals surface area contributed by atoms with E-state index >= 15 is 0 Å². The lowest BCUT2D eigenvalue weighted by Gasteiger charge is -2.29. The molecule has 35 heavy (non-hydrogen) atoms. The summed E-state index contributed by atoms with van der Waals surface area (Å²) in [7, 11) is 0. The highest BCUT2D eigenvalue weighted by Crippen LogP contribution is 2.37. The van der Waals surface area contributed by atoms with Crippen molar-refractivity contribution in [1.29, 1.82) is 0 Å². The van der Waals surface area contributed by atoms with Gasteiger partial charge in [-0.05, 0) is 62.6 Å². The van der Waals surface area contributed by atoms with Gasteiger partial charge in [-0.1, -0.05) is 12.0 Å². The molecule has 2 aromatic rings. The molecular weight excluding hydrogens is 482 g/mol. The number of likely N-dealkylation sites (tertiary alicyclic amines) is 1. The van der Waals surface area contributed by atoms with Crippen LogP contribution in [0.1, 0.15) is 57.2 Å². The first-order valence-corrected chi connectivity index (χ1v) is 10.9. The van der Waals surface area contributed by atoms with Crippen molar-refractivity contribution in [1.82, 2.24) is 25.5 Å². The molecule has 1 saturated heterocycles. The Labute approximate surface area is 197 Å². The van der Waals surface area contributed by atoms with Gasteiger partial charge in [0.2, 0.25) is 0 Å². The molecule has 1 aromatic carbocycles. The Morgan fingerprint density at radius 3 is 2.17 bits per heavy atom. The first-order chi connectivity index (χ1) is 16.1. The third-order valence-corrected chi connectivity index (χ3v) is 5.52. The van der Waals surface area contributed by atoms with E-state index in [9.17, 15) is 31.1 Å². The van der Waals surface area contributed by atoms with Gasteiger partial charge in [0.05, 0.1) is 17.2 Å². The predicted octanol–water partition coefficient (Wildman–Crippen LogP) is 5.03. The number of aromatic amines is 1. The molecule has 194 valence electrons. The number of carbonyl (C=O) groups excluding carboxylic acids is 1. The number of tetrazole rings is 1. The van der Waals surface area contributed by atoms with Crippen LogP contribution in [0.4, 0.5) is 37.1 Å². The minimum atomic E-state index is -4.97. The minimum Gasteiger partial charge on any atom is -0.444 e. The van der Waals surface area contributed by atoms with E-state index in [1.54, 1.807) is 20.8 Å². The molecule has 2 heterocycles. The van der Waals surface area contributed by atoms with Crippen LogP contribution in [0.2, 0.25) is 0 Å². The van der Waals surface area contributed by atoms with Crippen LogP contribution >= 0.6 is 0 Å². The first kappa shape index (κ1) is 26.5. The molecule has 0 bridgehead atoms. The highest BCUT2D eigenvalue weighted by atomic mass is 19.4. The zero-order valence-corrected chi connectivity index (χ0v) is 19.5. The summed E-state index contributed by atoms with van der Waals surface area (Å²) >= 11 is 0. The van der Waals surface area contributed by atoms with Crippen LogP contribution in [0.15, 0.2) is 18.2 Å². The number of amides is 1. The fourth-order valence-corrected chi connectivity index (χ4v) is 4.00. The van der Waals surface area contributed by atoms with Crippen molar-refractivity contribution in [2.24, 2.45) is 0 Å². The number of anilines is 1. The molecule has 1 fully saturated rings. The van der Waals surface area contributed by atoms with Gasteiger partial charge in [-0.2, -0.15) is 31.6 Å².